The summed E-state index contributed by atoms with van der Waals surface area (Å²) in [5.41, 5.74) is 1.84. The standard InChI is InChI=1S/C10H11NO2/c1-13-9-3-2-7-6-11-5-4-8(7)10(9)12/h2-6,9-10,12H,1H3/t9-,10-/m1/s1. The van der Waals surface area contributed by atoms with Crippen LogP contribution in [0.4, 0.5) is 0 Å². The monoisotopic (exact) mass is 177 g/mol. The number of aromatic nitrogens is 1. The first kappa shape index (κ1) is 8.41. The second-order valence-electron chi connectivity index (χ2n) is 3.01. The smallest absolute Gasteiger partial charge is 0.109 e. The predicted molar refractivity (Wildman–Crippen MR) is 49.0 cm³/mol. The molecule has 2 atom stereocenters. The number of methoxy groups -OCH3 is 1. The Labute approximate surface area is 76.7 Å². The van der Waals surface area contributed by atoms with Gasteiger partial charge in [-0.1, -0.05) is 12.2 Å². The first-order valence-electron chi connectivity index (χ1n) is 4.16. The van der Waals surface area contributed by atoms with Crippen LogP contribution in [0.1, 0.15) is 17.2 Å². The molecule has 1 aliphatic rings. The molecule has 13 heavy (non-hydrogen) atoms. The van der Waals surface area contributed by atoms with Gasteiger partial charge in [0.05, 0.1) is 0 Å². The lowest BCUT2D eigenvalue weighted by atomic mass is 9.95. The topological polar surface area (TPSA) is 42.4 Å². The van der Waals surface area contributed by atoms with Gasteiger partial charge in [-0.05, 0) is 17.2 Å². The number of aliphatic hydroxyl groups is 1. The van der Waals surface area contributed by atoms with Crippen molar-refractivity contribution in [3.63, 3.8) is 0 Å². The second kappa shape index (κ2) is 3.28. The van der Waals surface area contributed by atoms with Crippen molar-refractivity contribution in [2.24, 2.45) is 0 Å². The Kier molecular flexibility index (Phi) is 2.12. The summed E-state index contributed by atoms with van der Waals surface area (Å²) in [4.78, 5) is 3.98. The highest BCUT2D eigenvalue weighted by Gasteiger charge is 2.23. The van der Waals surface area contributed by atoms with Gasteiger partial charge in [0.15, 0.2) is 0 Å². The van der Waals surface area contributed by atoms with E-state index in [2.05, 4.69) is 4.98 Å². The molecular formula is C10H11NO2. The van der Waals surface area contributed by atoms with Gasteiger partial charge >= 0.3 is 0 Å². The molecule has 68 valence electrons. The van der Waals surface area contributed by atoms with Gasteiger partial charge in [-0.3, -0.25) is 4.98 Å². The minimum Gasteiger partial charge on any atom is -0.385 e. The summed E-state index contributed by atoms with van der Waals surface area (Å²) in [5.74, 6) is 0. The zero-order valence-corrected chi connectivity index (χ0v) is 7.34. The minimum atomic E-state index is -0.576. The Morgan fingerprint density at radius 2 is 2.38 bits per heavy atom. The van der Waals surface area contributed by atoms with E-state index in [0.29, 0.717) is 0 Å². The average Bonchev–Trinajstić information content (AvgIpc) is 2.19. The highest BCUT2D eigenvalue weighted by atomic mass is 16.5. The molecule has 0 saturated heterocycles. The first-order chi connectivity index (χ1) is 6.33. The molecule has 1 aliphatic carbocycles. The molecule has 0 fully saturated rings. The average molecular weight is 177 g/mol. The molecule has 0 aromatic carbocycles. The first-order valence-corrected chi connectivity index (χ1v) is 4.16. The van der Waals surface area contributed by atoms with E-state index in [4.69, 9.17) is 4.74 Å². The lowest BCUT2D eigenvalue weighted by Gasteiger charge is -2.23. The van der Waals surface area contributed by atoms with Crippen molar-refractivity contribution in [3.8, 4) is 0 Å². The third kappa shape index (κ3) is 1.36. The summed E-state index contributed by atoms with van der Waals surface area (Å²) < 4.78 is 5.10. The second-order valence-corrected chi connectivity index (χ2v) is 3.01. The summed E-state index contributed by atoms with van der Waals surface area (Å²) in [6, 6.07) is 1.82. The Balaban J connectivity index is 2.42. The SMILES string of the molecule is CO[C@@H]1C=Cc2cnccc2[C@H]1O. The van der Waals surface area contributed by atoms with E-state index in [0.717, 1.165) is 11.1 Å². The van der Waals surface area contributed by atoms with E-state index < -0.39 is 6.10 Å². The van der Waals surface area contributed by atoms with Crippen LogP contribution in [-0.4, -0.2) is 23.3 Å². The third-order valence-electron chi connectivity index (χ3n) is 2.25. The fourth-order valence-corrected chi connectivity index (χ4v) is 1.51. The summed E-state index contributed by atoms with van der Waals surface area (Å²) >= 11 is 0. The molecule has 1 aromatic rings. The molecule has 0 saturated carbocycles. The maximum absolute atomic E-state index is 9.82. The largest absolute Gasteiger partial charge is 0.385 e. The molecule has 3 heteroatoms. The van der Waals surface area contributed by atoms with Crippen LogP contribution >= 0.6 is 0 Å². The van der Waals surface area contributed by atoms with Crippen LogP contribution in [0, 0.1) is 0 Å². The molecule has 0 amide bonds. The van der Waals surface area contributed by atoms with E-state index in [-0.39, 0.29) is 6.10 Å². The number of ether oxygens (including phenoxy) is 1. The number of pyridine rings is 1. The van der Waals surface area contributed by atoms with Crippen LogP contribution in [0.2, 0.25) is 0 Å². The van der Waals surface area contributed by atoms with Gasteiger partial charge in [-0.25, -0.2) is 0 Å². The van der Waals surface area contributed by atoms with Gasteiger partial charge in [0, 0.05) is 19.5 Å². The van der Waals surface area contributed by atoms with Crippen molar-refractivity contribution in [1.82, 2.24) is 4.98 Å². The van der Waals surface area contributed by atoms with E-state index in [1.54, 1.807) is 19.5 Å². The maximum atomic E-state index is 9.82. The van der Waals surface area contributed by atoms with Gasteiger partial charge in [0.25, 0.3) is 0 Å². The minimum absolute atomic E-state index is 0.241. The molecule has 0 unspecified atom stereocenters. The molecule has 2 rings (SSSR count). The fraction of sp³-hybridized carbons (Fsp3) is 0.300. The van der Waals surface area contributed by atoms with E-state index in [1.165, 1.54) is 0 Å². The van der Waals surface area contributed by atoms with Crippen LogP contribution in [-0.2, 0) is 4.74 Å². The van der Waals surface area contributed by atoms with E-state index >= 15 is 0 Å². The summed E-state index contributed by atoms with van der Waals surface area (Å²) in [5, 5.41) is 9.82. The van der Waals surface area contributed by atoms with Gasteiger partial charge in [-0.15, -0.1) is 0 Å². The van der Waals surface area contributed by atoms with Crippen LogP contribution in [0.15, 0.2) is 24.5 Å². The van der Waals surface area contributed by atoms with E-state index in [1.807, 2.05) is 18.2 Å². The van der Waals surface area contributed by atoms with Gasteiger partial charge in [0.2, 0.25) is 0 Å². The zero-order chi connectivity index (χ0) is 9.26. The van der Waals surface area contributed by atoms with Gasteiger partial charge in [0.1, 0.15) is 12.2 Å². The maximum Gasteiger partial charge on any atom is 0.109 e. The molecule has 3 nitrogen and oxygen atoms in total. The van der Waals surface area contributed by atoms with Crippen molar-refractivity contribution in [2.45, 2.75) is 12.2 Å². The molecule has 1 aromatic heterocycles. The Morgan fingerprint density at radius 3 is 3.15 bits per heavy atom. The number of hydrogen-bond acceptors (Lipinski definition) is 3. The zero-order valence-electron chi connectivity index (χ0n) is 7.34. The van der Waals surface area contributed by atoms with Gasteiger partial charge in [-0.2, -0.15) is 0 Å². The molecule has 1 heterocycles. The number of nitrogens with zero attached hydrogens (tertiary/aromatic N) is 1. The van der Waals surface area contributed by atoms with Crippen molar-refractivity contribution >= 4 is 6.08 Å². The number of rotatable bonds is 1. The molecule has 0 aliphatic heterocycles. The van der Waals surface area contributed by atoms with Crippen molar-refractivity contribution in [2.75, 3.05) is 7.11 Å². The molecule has 1 N–H and O–H groups in total. The summed E-state index contributed by atoms with van der Waals surface area (Å²) in [6.45, 7) is 0. The van der Waals surface area contributed by atoms with Crippen LogP contribution in [0.25, 0.3) is 6.08 Å². The molecule has 0 radical (unpaired) electrons. The number of hydrogen-bond donors (Lipinski definition) is 1. The lowest BCUT2D eigenvalue weighted by Crippen LogP contribution is -2.21. The number of aliphatic hydroxyl groups excluding tert-OH is 1. The summed E-state index contributed by atoms with van der Waals surface area (Å²) in [7, 11) is 1.59. The highest BCUT2D eigenvalue weighted by Crippen LogP contribution is 2.28. The lowest BCUT2D eigenvalue weighted by molar-refractivity contribution is 0.0149. The van der Waals surface area contributed by atoms with Crippen molar-refractivity contribution in [1.29, 1.82) is 0 Å². The van der Waals surface area contributed by atoms with Crippen LogP contribution in [0.5, 0.6) is 0 Å². The summed E-state index contributed by atoms with van der Waals surface area (Å²) in [6.07, 6.45) is 6.36. The van der Waals surface area contributed by atoms with Crippen LogP contribution in [0.3, 0.4) is 0 Å². The Morgan fingerprint density at radius 1 is 1.54 bits per heavy atom. The van der Waals surface area contributed by atoms with Crippen molar-refractivity contribution in [3.05, 3.63) is 35.7 Å². The predicted octanol–water partition coefficient (Wildman–Crippen LogP) is 1.16. The number of fused-ring (bicyclic) bond motifs is 1. The Bertz CT molecular complexity index is 335. The highest BCUT2D eigenvalue weighted by molar-refractivity contribution is 5.57. The molecule has 0 bridgehead atoms. The van der Waals surface area contributed by atoms with E-state index in [9.17, 15) is 5.11 Å². The Hall–Kier alpha value is -1.19. The quantitative estimate of drug-likeness (QED) is 0.699. The normalized spacial score (nSPS) is 25.7. The fourth-order valence-electron chi connectivity index (χ4n) is 1.51. The van der Waals surface area contributed by atoms with Crippen LogP contribution < -0.4 is 0 Å². The molecular weight excluding hydrogens is 166 g/mol. The van der Waals surface area contributed by atoms with Gasteiger partial charge < -0.3 is 9.84 Å². The third-order valence-corrected chi connectivity index (χ3v) is 2.25. The van der Waals surface area contributed by atoms with Crippen molar-refractivity contribution < 1.29 is 9.84 Å². The molecule has 0 spiro atoms.